The van der Waals surface area contributed by atoms with Gasteiger partial charge in [-0.25, -0.2) is 4.98 Å². The Morgan fingerprint density at radius 1 is 0.976 bits per heavy atom. The third-order valence-electron chi connectivity index (χ3n) is 7.59. The summed E-state index contributed by atoms with van der Waals surface area (Å²) < 4.78 is 11.8. The Kier molecular flexibility index (Phi) is 9.12. The van der Waals surface area contributed by atoms with Crippen LogP contribution in [0.1, 0.15) is 47.1 Å². The number of benzene rings is 3. The van der Waals surface area contributed by atoms with Crippen LogP contribution in [-0.4, -0.2) is 28.4 Å². The number of carbonyl (C=O) groups excluding carboxylic acids is 1. The van der Waals surface area contributed by atoms with Gasteiger partial charge in [0.15, 0.2) is 5.78 Å². The monoisotopic (exact) mass is 561 g/mol. The zero-order valence-corrected chi connectivity index (χ0v) is 24.0. The molecule has 1 aliphatic carbocycles. The molecular formula is C36H35NO5. The van der Waals surface area contributed by atoms with Crippen LogP contribution >= 0.6 is 0 Å². The van der Waals surface area contributed by atoms with Crippen molar-refractivity contribution < 1.29 is 23.8 Å². The predicted molar refractivity (Wildman–Crippen MR) is 162 cm³/mol. The lowest BCUT2D eigenvalue weighted by Gasteiger charge is -2.22. The number of ether oxygens (including phenoxy) is 1. The van der Waals surface area contributed by atoms with Gasteiger partial charge in [-0.2, -0.15) is 0 Å². The van der Waals surface area contributed by atoms with Crippen molar-refractivity contribution >= 4 is 11.8 Å². The third-order valence-corrected chi connectivity index (χ3v) is 7.59. The second-order valence-electron chi connectivity index (χ2n) is 10.8. The van der Waals surface area contributed by atoms with E-state index in [-0.39, 0.29) is 11.7 Å². The highest BCUT2D eigenvalue weighted by Crippen LogP contribution is 2.31. The number of hydrogen-bond acceptors (Lipinski definition) is 5. The van der Waals surface area contributed by atoms with E-state index in [1.54, 1.807) is 0 Å². The summed E-state index contributed by atoms with van der Waals surface area (Å²) in [5.74, 6) is 0.759. The summed E-state index contributed by atoms with van der Waals surface area (Å²) in [6.45, 7) is 4.41. The van der Waals surface area contributed by atoms with Gasteiger partial charge in [-0.05, 0) is 67.5 Å². The molecule has 3 aromatic carbocycles. The number of ketones is 1. The number of aryl methyl sites for hydroxylation is 1. The Morgan fingerprint density at radius 3 is 2.36 bits per heavy atom. The van der Waals surface area contributed by atoms with Crippen LogP contribution in [-0.2, 0) is 17.6 Å². The minimum Gasteiger partial charge on any atom is -0.493 e. The third kappa shape index (κ3) is 7.13. The Bertz CT molecular complexity index is 1580. The van der Waals surface area contributed by atoms with E-state index in [0.29, 0.717) is 55.1 Å². The fourth-order valence-electron chi connectivity index (χ4n) is 5.24. The van der Waals surface area contributed by atoms with E-state index in [0.717, 1.165) is 28.2 Å². The van der Waals surface area contributed by atoms with Gasteiger partial charge < -0.3 is 14.3 Å². The Hall–Kier alpha value is -4.71. The maximum Gasteiger partial charge on any atom is 0.307 e. The SMILES string of the molecule is Cc1oc(-c2ccccc2)nc1CCOc1ccc(C[C@H](CC2=C(C(=O)c3ccccc3)CC(C)C=C2)C(=O)O)cc1. The summed E-state index contributed by atoms with van der Waals surface area (Å²) in [4.78, 5) is 30.2. The molecule has 0 fully saturated rings. The molecule has 1 heterocycles. The van der Waals surface area contributed by atoms with Gasteiger partial charge in [-0.15, -0.1) is 0 Å². The van der Waals surface area contributed by atoms with E-state index >= 15 is 0 Å². The molecule has 42 heavy (non-hydrogen) atoms. The molecule has 2 atom stereocenters. The number of rotatable bonds is 12. The molecule has 0 amide bonds. The number of carboxylic acid groups (broad SMARTS) is 1. The molecule has 0 saturated heterocycles. The number of hydrogen-bond donors (Lipinski definition) is 1. The Morgan fingerprint density at radius 2 is 1.67 bits per heavy atom. The largest absolute Gasteiger partial charge is 0.493 e. The lowest BCUT2D eigenvalue weighted by Crippen LogP contribution is -2.20. The van der Waals surface area contributed by atoms with Crippen molar-refractivity contribution in [1.29, 1.82) is 0 Å². The first-order chi connectivity index (χ1) is 20.4. The van der Waals surface area contributed by atoms with E-state index in [9.17, 15) is 14.7 Å². The quantitative estimate of drug-likeness (QED) is 0.178. The number of Topliss-reactive ketones (excluding diaryl/α,β-unsaturated/α-hetero) is 1. The van der Waals surface area contributed by atoms with Crippen molar-refractivity contribution in [3.63, 3.8) is 0 Å². The van der Waals surface area contributed by atoms with E-state index in [2.05, 4.69) is 18.0 Å². The summed E-state index contributed by atoms with van der Waals surface area (Å²) in [7, 11) is 0. The van der Waals surface area contributed by atoms with Gasteiger partial charge >= 0.3 is 5.97 Å². The van der Waals surface area contributed by atoms with Gasteiger partial charge in [0.2, 0.25) is 5.89 Å². The average molecular weight is 562 g/mol. The fourth-order valence-corrected chi connectivity index (χ4v) is 5.24. The lowest BCUT2D eigenvalue weighted by atomic mass is 9.82. The first-order valence-electron chi connectivity index (χ1n) is 14.3. The molecule has 1 aliphatic rings. The van der Waals surface area contributed by atoms with Gasteiger partial charge in [0.25, 0.3) is 0 Å². The number of carbonyl (C=O) groups is 2. The molecule has 6 heteroatoms. The molecule has 5 rings (SSSR count). The number of oxazole rings is 1. The van der Waals surface area contributed by atoms with Crippen LogP contribution in [0.5, 0.6) is 5.75 Å². The topological polar surface area (TPSA) is 89.6 Å². The molecular weight excluding hydrogens is 526 g/mol. The highest BCUT2D eigenvalue weighted by atomic mass is 16.5. The summed E-state index contributed by atoms with van der Waals surface area (Å²) in [6.07, 6.45) is 5.87. The van der Waals surface area contributed by atoms with Crippen LogP contribution in [0.3, 0.4) is 0 Å². The second kappa shape index (κ2) is 13.3. The summed E-state index contributed by atoms with van der Waals surface area (Å²) >= 11 is 0. The van der Waals surface area contributed by atoms with E-state index in [4.69, 9.17) is 9.15 Å². The molecule has 0 saturated carbocycles. The minimum atomic E-state index is -0.876. The van der Waals surface area contributed by atoms with Crippen molar-refractivity contribution in [2.75, 3.05) is 6.61 Å². The van der Waals surface area contributed by atoms with Gasteiger partial charge in [-0.3, -0.25) is 9.59 Å². The van der Waals surface area contributed by atoms with Crippen LogP contribution in [0.2, 0.25) is 0 Å². The van der Waals surface area contributed by atoms with Gasteiger partial charge in [-0.1, -0.05) is 79.7 Å². The molecule has 6 nitrogen and oxygen atoms in total. The molecule has 4 aromatic rings. The van der Waals surface area contributed by atoms with Crippen molar-refractivity contribution in [1.82, 2.24) is 4.98 Å². The molecule has 0 aliphatic heterocycles. The van der Waals surface area contributed by atoms with E-state index in [1.165, 1.54) is 0 Å². The average Bonchev–Trinajstić information content (AvgIpc) is 3.39. The molecule has 1 aromatic heterocycles. The predicted octanol–water partition coefficient (Wildman–Crippen LogP) is 7.68. The van der Waals surface area contributed by atoms with Crippen LogP contribution < -0.4 is 4.74 Å². The van der Waals surface area contributed by atoms with Crippen molar-refractivity contribution in [3.8, 4) is 17.2 Å². The van der Waals surface area contributed by atoms with Crippen LogP contribution in [0.15, 0.2) is 113 Å². The van der Waals surface area contributed by atoms with Crippen molar-refractivity contribution in [3.05, 3.63) is 131 Å². The highest BCUT2D eigenvalue weighted by molar-refractivity contribution is 6.09. The highest BCUT2D eigenvalue weighted by Gasteiger charge is 2.26. The standard InChI is InChI=1S/C36H35NO5/c1-24-13-16-29(32(21-24)34(38)27-9-5-3-6-10-27)23-30(36(39)40)22-26-14-17-31(18-15-26)41-20-19-33-25(2)42-35(37-33)28-11-7-4-8-12-28/h3-18,24,30H,19-23H2,1-2H3,(H,39,40)/t24?,30-/m1/s1. The first-order valence-corrected chi connectivity index (χ1v) is 14.3. The zero-order valence-electron chi connectivity index (χ0n) is 24.0. The van der Waals surface area contributed by atoms with Crippen LogP contribution in [0.25, 0.3) is 11.5 Å². The first kappa shape index (κ1) is 28.8. The van der Waals surface area contributed by atoms with Gasteiger partial charge in [0.1, 0.15) is 11.5 Å². The zero-order chi connectivity index (χ0) is 29.5. The summed E-state index contributed by atoms with van der Waals surface area (Å²) in [5.41, 5.74) is 4.86. The molecule has 0 radical (unpaired) electrons. The van der Waals surface area contributed by atoms with Gasteiger partial charge in [0.05, 0.1) is 18.2 Å². The molecule has 0 spiro atoms. The van der Waals surface area contributed by atoms with Gasteiger partial charge in [0, 0.05) is 23.1 Å². The Labute approximate surface area is 246 Å². The maximum absolute atomic E-state index is 13.3. The molecule has 214 valence electrons. The number of aliphatic carboxylic acids is 1. The van der Waals surface area contributed by atoms with Crippen LogP contribution in [0.4, 0.5) is 0 Å². The minimum absolute atomic E-state index is 0.0236. The van der Waals surface area contributed by atoms with Crippen molar-refractivity contribution in [2.24, 2.45) is 11.8 Å². The summed E-state index contributed by atoms with van der Waals surface area (Å²) in [5, 5.41) is 10.1. The number of aromatic nitrogens is 1. The van der Waals surface area contributed by atoms with Crippen LogP contribution in [0, 0.1) is 18.8 Å². The number of carboxylic acids is 1. The number of nitrogens with zero attached hydrogens (tertiary/aromatic N) is 1. The maximum atomic E-state index is 13.3. The summed E-state index contributed by atoms with van der Waals surface area (Å²) in [6, 6.07) is 26.5. The van der Waals surface area contributed by atoms with E-state index < -0.39 is 11.9 Å². The van der Waals surface area contributed by atoms with Crippen molar-refractivity contribution in [2.45, 2.75) is 39.5 Å². The van der Waals surface area contributed by atoms with E-state index in [1.807, 2.05) is 97.9 Å². The Balaban J connectivity index is 1.20. The molecule has 0 bridgehead atoms. The molecule has 1 N–H and O–H groups in total. The second-order valence-corrected chi connectivity index (χ2v) is 10.8. The normalized spacial score (nSPS) is 15.4. The fraction of sp³-hybridized carbons (Fsp3) is 0.250. The number of allylic oxidation sites excluding steroid dienone is 4. The smallest absolute Gasteiger partial charge is 0.307 e. The molecule has 1 unspecified atom stereocenters. The lowest BCUT2D eigenvalue weighted by molar-refractivity contribution is -0.141.